The first-order valence-electron chi connectivity index (χ1n) is 12.7. The molecular weight excluding hydrogens is 462 g/mol. The lowest BCUT2D eigenvalue weighted by Gasteiger charge is -2.28. The van der Waals surface area contributed by atoms with Crippen LogP contribution in [0.4, 0.5) is 0 Å². The molecule has 8 heteroatoms. The lowest BCUT2D eigenvalue weighted by molar-refractivity contribution is -0.128. The molecule has 3 aromatic rings. The Morgan fingerprint density at radius 3 is 2.63 bits per heavy atom. The minimum absolute atomic E-state index is 0.0128. The molecule has 0 bridgehead atoms. The van der Waals surface area contributed by atoms with Crippen LogP contribution in [0.2, 0.25) is 5.02 Å². The molecule has 3 aliphatic rings. The average Bonchev–Trinajstić information content (AvgIpc) is 3.16. The number of pyridine rings is 1. The third-order valence-electron chi connectivity index (χ3n) is 7.72. The SMILES string of the molecule is O=C(N[C@H]1Cc2cc(Cl)ccc2-n2c(nnc2C2CCC(Oc3ccccn3)CC2)C1)C1CCC1. The van der Waals surface area contributed by atoms with E-state index >= 15 is 0 Å². The molecule has 182 valence electrons. The molecule has 0 unspecified atom stereocenters. The fraction of sp³-hybridized carbons (Fsp3) is 0.481. The summed E-state index contributed by atoms with van der Waals surface area (Å²) in [4.78, 5) is 17.0. The molecule has 2 aromatic heterocycles. The van der Waals surface area contributed by atoms with Crippen molar-refractivity contribution in [1.82, 2.24) is 25.1 Å². The van der Waals surface area contributed by atoms with Gasteiger partial charge in [-0.05, 0) is 74.8 Å². The van der Waals surface area contributed by atoms with Crippen LogP contribution in [-0.4, -0.2) is 37.8 Å². The smallest absolute Gasteiger partial charge is 0.223 e. The molecule has 1 N–H and O–H groups in total. The van der Waals surface area contributed by atoms with Crippen molar-refractivity contribution in [3.05, 3.63) is 64.8 Å². The molecule has 1 atom stereocenters. The van der Waals surface area contributed by atoms with Crippen molar-refractivity contribution in [2.24, 2.45) is 5.92 Å². The van der Waals surface area contributed by atoms with Crippen molar-refractivity contribution in [2.45, 2.75) is 75.9 Å². The van der Waals surface area contributed by atoms with E-state index in [1.165, 1.54) is 0 Å². The van der Waals surface area contributed by atoms with Gasteiger partial charge in [0.15, 0.2) is 0 Å². The van der Waals surface area contributed by atoms with Crippen molar-refractivity contribution < 1.29 is 9.53 Å². The van der Waals surface area contributed by atoms with Crippen molar-refractivity contribution in [1.29, 1.82) is 0 Å². The Morgan fingerprint density at radius 2 is 1.89 bits per heavy atom. The zero-order valence-electron chi connectivity index (χ0n) is 19.7. The molecule has 2 aliphatic carbocycles. The molecule has 1 aromatic carbocycles. The Morgan fingerprint density at radius 1 is 1.03 bits per heavy atom. The molecule has 0 saturated heterocycles. The van der Waals surface area contributed by atoms with Gasteiger partial charge in [-0.2, -0.15) is 0 Å². The third-order valence-corrected chi connectivity index (χ3v) is 7.95. The summed E-state index contributed by atoms with van der Waals surface area (Å²) in [5.74, 6) is 3.24. The molecular formula is C27H30ClN5O2. The minimum Gasteiger partial charge on any atom is -0.474 e. The molecule has 1 aliphatic heterocycles. The van der Waals surface area contributed by atoms with E-state index in [-0.39, 0.29) is 24.0 Å². The molecule has 2 fully saturated rings. The lowest BCUT2D eigenvalue weighted by Crippen LogP contribution is -2.43. The number of aromatic nitrogens is 4. The predicted molar refractivity (Wildman–Crippen MR) is 133 cm³/mol. The first kappa shape index (κ1) is 22.5. The molecule has 0 spiro atoms. The lowest BCUT2D eigenvalue weighted by atomic mass is 9.84. The minimum atomic E-state index is -0.0128. The molecule has 3 heterocycles. The highest BCUT2D eigenvalue weighted by molar-refractivity contribution is 6.30. The molecule has 1 amide bonds. The van der Waals surface area contributed by atoms with Crippen molar-refractivity contribution in [2.75, 3.05) is 0 Å². The number of hydrogen-bond acceptors (Lipinski definition) is 5. The number of rotatable bonds is 5. The molecule has 6 rings (SSSR count). The van der Waals surface area contributed by atoms with Crippen molar-refractivity contribution in [3.63, 3.8) is 0 Å². The summed E-state index contributed by atoms with van der Waals surface area (Å²) in [6, 6.07) is 11.8. The van der Waals surface area contributed by atoms with Crippen LogP contribution in [0.3, 0.4) is 0 Å². The predicted octanol–water partition coefficient (Wildman–Crippen LogP) is 4.80. The standard InChI is InChI=1S/C27H30ClN5O2/c28-20-9-12-23-19(14-20)15-21(30-27(34)18-4-3-5-18)16-24-31-32-26(33(23)24)17-7-10-22(11-8-17)35-25-6-1-2-13-29-25/h1-2,6,9,12-14,17-18,21-22H,3-5,7-8,10-11,15-16H2,(H,30,34)/t17?,21-,22?/m0/s1. The monoisotopic (exact) mass is 491 g/mol. The van der Waals surface area contributed by atoms with Crippen LogP contribution in [0.25, 0.3) is 5.69 Å². The summed E-state index contributed by atoms with van der Waals surface area (Å²) >= 11 is 6.39. The average molecular weight is 492 g/mol. The number of fused-ring (bicyclic) bond motifs is 3. The van der Waals surface area contributed by atoms with E-state index in [1.807, 2.05) is 30.3 Å². The van der Waals surface area contributed by atoms with Gasteiger partial charge in [-0.1, -0.05) is 24.1 Å². The van der Waals surface area contributed by atoms with Crippen LogP contribution in [-0.2, 0) is 17.6 Å². The van der Waals surface area contributed by atoms with E-state index in [0.29, 0.717) is 23.2 Å². The van der Waals surface area contributed by atoms with Crippen LogP contribution in [0, 0.1) is 5.92 Å². The van der Waals surface area contributed by atoms with Gasteiger partial charge in [0, 0.05) is 41.6 Å². The zero-order valence-corrected chi connectivity index (χ0v) is 20.5. The van der Waals surface area contributed by atoms with Gasteiger partial charge in [0.25, 0.3) is 0 Å². The number of halogens is 1. The number of amides is 1. The second-order valence-corrected chi connectivity index (χ2v) is 10.5. The van der Waals surface area contributed by atoms with E-state index < -0.39 is 0 Å². The van der Waals surface area contributed by atoms with Crippen LogP contribution < -0.4 is 10.1 Å². The van der Waals surface area contributed by atoms with E-state index in [2.05, 4.69) is 31.1 Å². The summed E-state index contributed by atoms with van der Waals surface area (Å²) in [7, 11) is 0. The number of nitrogens with zero attached hydrogens (tertiary/aromatic N) is 4. The number of nitrogens with one attached hydrogen (secondary N) is 1. The van der Waals surface area contributed by atoms with Crippen molar-refractivity contribution in [3.8, 4) is 11.6 Å². The summed E-state index contributed by atoms with van der Waals surface area (Å²) in [5, 5.41) is 13.3. The Kier molecular flexibility index (Phi) is 6.19. The van der Waals surface area contributed by atoms with Gasteiger partial charge >= 0.3 is 0 Å². The van der Waals surface area contributed by atoms with Crippen LogP contribution in [0.1, 0.15) is 68.1 Å². The zero-order chi connectivity index (χ0) is 23.8. The summed E-state index contributed by atoms with van der Waals surface area (Å²) < 4.78 is 8.33. The fourth-order valence-electron chi connectivity index (χ4n) is 5.60. The van der Waals surface area contributed by atoms with Crippen LogP contribution >= 0.6 is 11.6 Å². The molecule has 0 radical (unpaired) electrons. The Bertz CT molecular complexity index is 1200. The van der Waals surface area contributed by atoms with E-state index in [4.69, 9.17) is 16.3 Å². The number of carbonyl (C=O) groups excluding carboxylic acids is 1. The first-order chi connectivity index (χ1) is 17.1. The van der Waals surface area contributed by atoms with E-state index in [9.17, 15) is 4.79 Å². The highest BCUT2D eigenvalue weighted by Gasteiger charge is 2.33. The van der Waals surface area contributed by atoms with Crippen LogP contribution in [0.5, 0.6) is 5.88 Å². The van der Waals surface area contributed by atoms with E-state index in [0.717, 1.165) is 74.3 Å². The topological polar surface area (TPSA) is 81.9 Å². The second-order valence-electron chi connectivity index (χ2n) is 10.1. The number of ether oxygens (including phenoxy) is 1. The summed E-state index contributed by atoms with van der Waals surface area (Å²) in [6.45, 7) is 0. The highest BCUT2D eigenvalue weighted by atomic mass is 35.5. The molecule has 7 nitrogen and oxygen atoms in total. The normalized spacial score (nSPS) is 24.0. The maximum Gasteiger partial charge on any atom is 0.223 e. The van der Waals surface area contributed by atoms with Gasteiger partial charge in [-0.15, -0.1) is 10.2 Å². The Labute approximate surface area is 210 Å². The molecule has 35 heavy (non-hydrogen) atoms. The quantitative estimate of drug-likeness (QED) is 0.554. The van der Waals surface area contributed by atoms with Crippen LogP contribution in [0.15, 0.2) is 42.6 Å². The van der Waals surface area contributed by atoms with Gasteiger partial charge in [0.05, 0.1) is 5.69 Å². The van der Waals surface area contributed by atoms with E-state index in [1.54, 1.807) is 6.20 Å². The third kappa shape index (κ3) is 4.66. The Hall–Kier alpha value is -2.93. The summed E-state index contributed by atoms with van der Waals surface area (Å²) in [5.41, 5.74) is 2.21. The van der Waals surface area contributed by atoms with Gasteiger partial charge in [-0.3, -0.25) is 9.36 Å². The highest BCUT2D eigenvalue weighted by Crippen LogP contribution is 2.37. The number of carbonyl (C=O) groups is 1. The van der Waals surface area contributed by atoms with Gasteiger partial charge in [-0.25, -0.2) is 4.98 Å². The molecule has 2 saturated carbocycles. The van der Waals surface area contributed by atoms with Gasteiger partial charge in [0.2, 0.25) is 11.8 Å². The Balaban J connectivity index is 1.23. The number of benzene rings is 1. The fourth-order valence-corrected chi connectivity index (χ4v) is 5.80. The maximum atomic E-state index is 12.7. The largest absolute Gasteiger partial charge is 0.474 e. The summed E-state index contributed by atoms with van der Waals surface area (Å²) in [6.07, 6.45) is 10.4. The first-order valence-corrected chi connectivity index (χ1v) is 13.1. The van der Waals surface area contributed by atoms with Gasteiger partial charge in [0.1, 0.15) is 17.8 Å². The van der Waals surface area contributed by atoms with Crippen molar-refractivity contribution >= 4 is 17.5 Å². The second kappa shape index (κ2) is 9.61. The number of hydrogen-bond donors (Lipinski definition) is 1. The maximum absolute atomic E-state index is 12.7. The van der Waals surface area contributed by atoms with Gasteiger partial charge < -0.3 is 10.1 Å².